The van der Waals surface area contributed by atoms with E-state index in [-0.39, 0.29) is 11.4 Å². The maximum atomic E-state index is 13.0. The molecule has 1 aliphatic rings. The van der Waals surface area contributed by atoms with Crippen LogP contribution in [0.25, 0.3) is 0 Å². The summed E-state index contributed by atoms with van der Waals surface area (Å²) in [5, 5.41) is 4.43. The third-order valence-electron chi connectivity index (χ3n) is 5.98. The number of aromatic nitrogens is 3. The number of nitrogens with zero attached hydrogens (tertiary/aromatic N) is 5. The van der Waals surface area contributed by atoms with Crippen LogP contribution in [0.15, 0.2) is 45.1 Å². The molecule has 0 bridgehead atoms. The molecule has 0 saturated carbocycles. The number of ether oxygens (including phenoxy) is 1. The Labute approximate surface area is 208 Å². The second kappa shape index (κ2) is 10.1. The first kappa shape index (κ1) is 26.9. The topological polar surface area (TPSA) is 81.6 Å². The van der Waals surface area contributed by atoms with Crippen LogP contribution in [0.1, 0.15) is 46.2 Å². The fraction of sp³-hybridized carbons (Fsp3) is 0.542. The van der Waals surface area contributed by atoms with Crippen LogP contribution in [-0.2, 0) is 11.8 Å². The lowest BCUT2D eigenvalue weighted by Crippen LogP contribution is -2.39. The fourth-order valence-electron chi connectivity index (χ4n) is 3.65. The Morgan fingerprint density at radius 3 is 2.57 bits per heavy atom. The molecule has 0 amide bonds. The SMILES string of the molecule is Cc1nn(C)cc1Sc1ccc(N=CC=C(N)OCC(C)(C)C(F)(F)F)nc1N1CCCC1(C)C. The Hall–Kier alpha value is -2.69. The van der Waals surface area contributed by atoms with Crippen molar-refractivity contribution in [2.45, 2.75) is 69.0 Å². The second-order valence-corrected chi connectivity index (χ2v) is 11.0. The molecule has 2 N–H and O–H groups in total. The number of hydrogen-bond acceptors (Lipinski definition) is 7. The molecule has 3 rings (SSSR count). The number of rotatable bonds is 8. The molecule has 0 aromatic carbocycles. The van der Waals surface area contributed by atoms with Gasteiger partial charge in [0.25, 0.3) is 0 Å². The van der Waals surface area contributed by atoms with Crippen molar-refractivity contribution in [2.75, 3.05) is 18.1 Å². The van der Waals surface area contributed by atoms with Gasteiger partial charge in [0.15, 0.2) is 11.7 Å². The van der Waals surface area contributed by atoms with Crippen molar-refractivity contribution in [1.82, 2.24) is 14.8 Å². The number of aliphatic imine (C=N–C) groups is 1. The molecule has 1 fully saturated rings. The first-order chi connectivity index (χ1) is 16.2. The number of anilines is 1. The highest BCUT2D eigenvalue weighted by Crippen LogP contribution is 2.42. The minimum Gasteiger partial charge on any atom is -0.478 e. The summed E-state index contributed by atoms with van der Waals surface area (Å²) in [6.07, 6.45) is 2.44. The van der Waals surface area contributed by atoms with Gasteiger partial charge in [-0.05, 0) is 59.6 Å². The van der Waals surface area contributed by atoms with Gasteiger partial charge >= 0.3 is 6.18 Å². The number of aryl methyl sites for hydroxylation is 2. The zero-order valence-electron chi connectivity index (χ0n) is 21.0. The number of allylic oxidation sites excluding steroid dienone is 1. The molecule has 0 aliphatic carbocycles. The zero-order chi connectivity index (χ0) is 26.0. The van der Waals surface area contributed by atoms with Gasteiger partial charge < -0.3 is 15.4 Å². The van der Waals surface area contributed by atoms with Crippen LogP contribution in [0.2, 0.25) is 0 Å². The zero-order valence-corrected chi connectivity index (χ0v) is 21.8. The molecule has 0 atom stereocenters. The minimum absolute atomic E-state index is 0.0436. The third kappa shape index (κ3) is 6.50. The number of pyridine rings is 1. The molecule has 2 aromatic heterocycles. The van der Waals surface area contributed by atoms with Crippen LogP contribution >= 0.6 is 11.8 Å². The summed E-state index contributed by atoms with van der Waals surface area (Å²) in [5.41, 5.74) is 4.61. The van der Waals surface area contributed by atoms with E-state index in [0.29, 0.717) is 5.82 Å². The summed E-state index contributed by atoms with van der Waals surface area (Å²) in [4.78, 5) is 13.5. The fourth-order valence-corrected chi connectivity index (χ4v) is 4.66. The van der Waals surface area contributed by atoms with E-state index in [2.05, 4.69) is 28.8 Å². The average molecular weight is 511 g/mol. The molecule has 0 unspecified atom stereocenters. The van der Waals surface area contributed by atoms with E-state index in [0.717, 1.165) is 54.5 Å². The van der Waals surface area contributed by atoms with Crippen molar-refractivity contribution in [3.8, 4) is 0 Å². The normalized spacial score (nSPS) is 16.9. The van der Waals surface area contributed by atoms with Crippen LogP contribution in [-0.4, -0.2) is 45.8 Å². The lowest BCUT2D eigenvalue weighted by molar-refractivity contribution is -0.223. The van der Waals surface area contributed by atoms with Gasteiger partial charge in [-0.3, -0.25) is 4.68 Å². The van der Waals surface area contributed by atoms with Gasteiger partial charge in [0.2, 0.25) is 0 Å². The van der Waals surface area contributed by atoms with Crippen LogP contribution in [0.5, 0.6) is 0 Å². The van der Waals surface area contributed by atoms with Crippen LogP contribution < -0.4 is 10.6 Å². The first-order valence-electron chi connectivity index (χ1n) is 11.4. The van der Waals surface area contributed by atoms with Gasteiger partial charge in [-0.2, -0.15) is 18.3 Å². The van der Waals surface area contributed by atoms with E-state index in [9.17, 15) is 13.2 Å². The Kier molecular flexibility index (Phi) is 7.78. The molecule has 3 heterocycles. The molecule has 1 aliphatic heterocycles. The highest BCUT2D eigenvalue weighted by Gasteiger charge is 2.48. The maximum absolute atomic E-state index is 13.0. The summed E-state index contributed by atoms with van der Waals surface area (Å²) < 4.78 is 45.8. The number of alkyl halides is 3. The van der Waals surface area contributed by atoms with E-state index < -0.39 is 18.2 Å². The summed E-state index contributed by atoms with van der Waals surface area (Å²) in [5.74, 6) is 1.16. The Balaban J connectivity index is 1.81. The lowest BCUT2D eigenvalue weighted by Gasteiger charge is -2.34. The van der Waals surface area contributed by atoms with Crippen LogP contribution in [0.4, 0.5) is 24.8 Å². The standard InChI is InChI=1S/C24H33F3N6OS/c1-16-18(14-32(6)31-16)35-17-8-9-20(30-21(17)33-13-7-11-23(33,4)5)29-12-10-19(28)34-15-22(2,3)24(25,26)27/h8-10,12,14H,7,11,13,15,28H2,1-6H3. The van der Waals surface area contributed by atoms with E-state index in [1.807, 2.05) is 26.2 Å². The number of hydrogen-bond donors (Lipinski definition) is 1. The van der Waals surface area contributed by atoms with Crippen LogP contribution in [0, 0.1) is 12.3 Å². The van der Waals surface area contributed by atoms with Crippen molar-refractivity contribution in [2.24, 2.45) is 23.2 Å². The molecule has 35 heavy (non-hydrogen) atoms. The largest absolute Gasteiger partial charge is 0.478 e. The molecule has 2 aromatic rings. The Bertz CT molecular complexity index is 1110. The van der Waals surface area contributed by atoms with E-state index in [4.69, 9.17) is 15.5 Å². The van der Waals surface area contributed by atoms with Crippen molar-refractivity contribution in [3.63, 3.8) is 0 Å². The Morgan fingerprint density at radius 2 is 2.00 bits per heavy atom. The quantitative estimate of drug-likeness (QED) is 0.359. The maximum Gasteiger partial charge on any atom is 0.397 e. The van der Waals surface area contributed by atoms with Crippen molar-refractivity contribution >= 4 is 29.6 Å². The summed E-state index contributed by atoms with van der Waals surface area (Å²) in [6.45, 7) is 8.80. The van der Waals surface area contributed by atoms with Gasteiger partial charge in [0.1, 0.15) is 12.4 Å². The van der Waals surface area contributed by atoms with Gasteiger partial charge in [-0.1, -0.05) is 11.8 Å². The minimum atomic E-state index is -4.39. The molecular weight excluding hydrogens is 477 g/mol. The van der Waals surface area contributed by atoms with Crippen molar-refractivity contribution in [1.29, 1.82) is 0 Å². The molecule has 1 saturated heterocycles. The van der Waals surface area contributed by atoms with Gasteiger partial charge in [0, 0.05) is 37.6 Å². The molecule has 0 spiro atoms. The Morgan fingerprint density at radius 1 is 1.29 bits per heavy atom. The molecular formula is C24H33F3N6OS. The highest BCUT2D eigenvalue weighted by atomic mass is 32.2. The first-order valence-corrected chi connectivity index (χ1v) is 12.2. The number of halogens is 3. The molecule has 0 radical (unpaired) electrons. The third-order valence-corrected chi connectivity index (χ3v) is 7.14. The van der Waals surface area contributed by atoms with E-state index in [1.165, 1.54) is 12.3 Å². The highest BCUT2D eigenvalue weighted by molar-refractivity contribution is 7.99. The summed E-state index contributed by atoms with van der Waals surface area (Å²) >= 11 is 1.61. The van der Waals surface area contributed by atoms with E-state index >= 15 is 0 Å². The van der Waals surface area contributed by atoms with E-state index in [1.54, 1.807) is 22.5 Å². The second-order valence-electron chi connectivity index (χ2n) is 9.93. The monoisotopic (exact) mass is 510 g/mol. The van der Waals surface area contributed by atoms with Crippen molar-refractivity contribution in [3.05, 3.63) is 36.0 Å². The molecule has 7 nitrogen and oxygen atoms in total. The predicted molar refractivity (Wildman–Crippen MR) is 133 cm³/mol. The van der Waals surface area contributed by atoms with Crippen molar-refractivity contribution < 1.29 is 17.9 Å². The predicted octanol–water partition coefficient (Wildman–Crippen LogP) is 5.76. The molecule has 11 heteroatoms. The van der Waals surface area contributed by atoms with Gasteiger partial charge in [0.05, 0.1) is 20.9 Å². The summed E-state index contributed by atoms with van der Waals surface area (Å²) in [6, 6.07) is 3.78. The average Bonchev–Trinajstić information content (AvgIpc) is 3.26. The smallest absolute Gasteiger partial charge is 0.397 e. The van der Waals surface area contributed by atoms with Crippen LogP contribution in [0.3, 0.4) is 0 Å². The lowest BCUT2D eigenvalue weighted by atomic mass is 9.94. The number of nitrogens with two attached hydrogens (primary N) is 1. The van der Waals surface area contributed by atoms with Gasteiger partial charge in [-0.25, -0.2) is 9.98 Å². The summed E-state index contributed by atoms with van der Waals surface area (Å²) in [7, 11) is 1.89. The van der Waals surface area contributed by atoms with Gasteiger partial charge in [-0.15, -0.1) is 0 Å². The molecule has 192 valence electrons.